The number of hydrogen-bond donors (Lipinski definition) is 7. The van der Waals surface area contributed by atoms with Crippen LogP contribution >= 0.6 is 71.0 Å². The number of nitriles is 2. The van der Waals surface area contributed by atoms with Crippen LogP contribution in [0, 0.1) is 35.8 Å². The molecule has 10 saturated heterocycles. The van der Waals surface area contributed by atoms with Crippen LogP contribution in [-0.4, -0.2) is 339 Å². The zero-order valence-corrected chi connectivity index (χ0v) is 83.2. The highest BCUT2D eigenvalue weighted by Gasteiger charge is 2.57. The molecule has 0 aliphatic carbocycles. The van der Waals surface area contributed by atoms with Crippen LogP contribution in [0.15, 0.2) is 0 Å². The van der Waals surface area contributed by atoms with Crippen molar-refractivity contribution in [3.8, 4) is 12.1 Å². The van der Waals surface area contributed by atoms with Gasteiger partial charge in [0.25, 0.3) is 8.53 Å². The zero-order valence-electron chi connectivity index (χ0n) is 75.9. The van der Waals surface area contributed by atoms with Crippen molar-refractivity contribution in [2.75, 3.05) is 93.4 Å². The van der Waals surface area contributed by atoms with Gasteiger partial charge in [-0.2, -0.15) is 10.5 Å². The average molecular weight is 2110 g/mol. The Morgan fingerprint density at radius 1 is 0.562 bits per heavy atom. The Hall–Kier alpha value is -0.0700. The van der Waals surface area contributed by atoms with Crippen molar-refractivity contribution in [3.63, 3.8) is 0 Å². The van der Waals surface area contributed by atoms with E-state index in [0.29, 0.717) is 0 Å². The monoisotopic (exact) mass is 2110 g/mol. The molecule has 0 aromatic carbocycles. The first-order valence-electron chi connectivity index (χ1n) is 41.7. The van der Waals surface area contributed by atoms with Crippen LogP contribution in [0.1, 0.15) is 112 Å². The van der Waals surface area contributed by atoms with E-state index >= 15 is 0 Å². The van der Waals surface area contributed by atoms with Crippen LogP contribution in [0.25, 0.3) is 9.69 Å². The summed E-state index contributed by atoms with van der Waals surface area (Å²) in [5, 5.41) is 33.2. The highest BCUT2D eigenvalue weighted by atomic mass is 32.7. The molecule has 0 saturated carbocycles. The minimum Gasteiger partial charge on any atom is -0.400 e. The van der Waals surface area contributed by atoms with Crippen molar-refractivity contribution >= 4 is 118 Å². The Balaban J connectivity index is 0.000000346. The predicted molar refractivity (Wildman–Crippen MR) is 459 cm³/mol. The fourth-order valence-corrected chi connectivity index (χ4v) is 25.0. The predicted octanol–water partition coefficient (Wildman–Crippen LogP) is 11.7. The maximum absolute atomic E-state index is 14.7. The summed E-state index contributed by atoms with van der Waals surface area (Å²) in [5.41, 5.74) is 0. The van der Waals surface area contributed by atoms with Gasteiger partial charge in [0.1, 0.15) is 86.5 Å². The van der Waals surface area contributed by atoms with Gasteiger partial charge in [0.05, 0.1) is 139 Å². The Morgan fingerprint density at radius 2 is 0.922 bits per heavy atom. The van der Waals surface area contributed by atoms with Crippen LogP contribution in [-0.2, 0) is 176 Å². The number of aliphatic hydroxyl groups excluding tert-OH is 3. The van der Waals surface area contributed by atoms with Crippen molar-refractivity contribution in [2.45, 2.75) is 318 Å². The molecule has 128 heavy (non-hydrogen) atoms. The molecule has 6 N–H and O–H groups in total. The standard InChI is InChI=1S/2C15H23F2NO8P2S2.C15H23F2NO8P2S.C15H28FN2O3P.C6H10FO5P.2CH4O/c2*1-8-12(16)14-11(24-8)7-22-28(30,20-5-3-4-18)26-15-10(23-9(2)13(15)17)6-21-27(19,29)25-14;1-8-12(16)14(10(3)23-8)26-28(29,21-6-5-18-4)22-7-11-15(25-27(19)20)13(17)9(2)24-11;1-10(2)18(11(3)4)22(19-9-8-17-7)21-15-13(6)20-12(5)14(15)16;1-3-5(7)6(12-13(9)10)4(2-8)11-3;2*1-2/h2*8-15H,3,5-7H2,1-2H3,(H,19,29);8-15H,5-7H2,1-3H3;10-15H,8-9H2,1-6H3;3-6,8H,2H2,1H3;2*2H,1H3/p+2/t8-,9-,10+,11+,12-,13-,14+,15+,27?,28+;8-,9-,10+,11+,12-,13-,14+,15+,27?,28-;8-,9-,10+,11+,12-,13-,14+,15+,28?;12-,13+,14-,15+,22?;3-,4+,5-,6+;;/m00000../s1/i;;3D;6D;;2*2T. The number of nitrogens with zero attached hydrogens (tertiary/aromatic N) is 5. The Morgan fingerprint density at radius 3 is 1.33 bits per heavy atom. The SMILES string of the molecule is C[C@@H]1O[C@@H]2CO[P@@](=S)(OCCC#N)O[C@H]3[C@@H](F)[C@H](C)O[C@@H]3COP(O)(=S)O[C@H]2[C@H]1F.C[C@@H]1O[C@@H]2CO[P@](=S)(OCCC#N)O[C@H]3[C@@H](F)[C@H](C)O[C@@H]3COP(=O)(S)O[C@H]2[C@H]1F.C[C@@H]1O[C@H](CO)[C@@H](O[P+](=O)O)[C@H]1F.[2H]C[C@H]1O[C@@H](C)[C@H](F)[C@@H]1OP(=S)(OCC[N+]#[C-])OC[C@H]1O[C@@H](C)[C@H](F)[C@@H]1O[P+](=O)O.[2H]C[C@H]1O[C@@H](C)[C@H](F)[C@@H]1OP(OCC[N+]#[C-])N(C(C)C)C(C)C.[3H]OC.[3H]OC. The molecule has 10 rings (SSSR count). The minimum absolute atomic E-state index is 0.00631. The van der Waals surface area contributed by atoms with E-state index in [1.54, 1.807) is 6.92 Å². The lowest BCUT2D eigenvalue weighted by atomic mass is 10.1. The molecule has 0 amide bonds. The van der Waals surface area contributed by atoms with E-state index in [4.69, 9.17) is 202 Å². The summed E-state index contributed by atoms with van der Waals surface area (Å²) in [4.78, 5) is 34.2. The summed E-state index contributed by atoms with van der Waals surface area (Å²) in [7, 11) is -4.89. The molecule has 40 atom stereocenters. The number of aliphatic hydroxyl groups is 3. The summed E-state index contributed by atoms with van der Waals surface area (Å²) in [6, 6.07) is 4.10. The van der Waals surface area contributed by atoms with Crippen molar-refractivity contribution in [2.24, 2.45) is 0 Å². The van der Waals surface area contributed by atoms with E-state index in [0.717, 1.165) is 0 Å². The van der Waals surface area contributed by atoms with Gasteiger partial charge in [0, 0.05) is 38.2 Å². The molecular formula is C68H117F8N5O34P8S5+2. The fourth-order valence-electron chi connectivity index (χ4n) is 13.2. The van der Waals surface area contributed by atoms with E-state index in [2.05, 4.69) is 41.4 Å². The Bertz CT molecular complexity index is 3750. The second-order valence-electron chi connectivity index (χ2n) is 29.3. The lowest BCUT2D eigenvalue weighted by Crippen LogP contribution is -2.37. The van der Waals surface area contributed by atoms with Gasteiger partial charge in [-0.3, -0.25) is 27.1 Å². The third kappa shape index (κ3) is 36.5. The van der Waals surface area contributed by atoms with Gasteiger partial charge in [-0.1, -0.05) is 12.2 Å². The lowest BCUT2D eigenvalue weighted by Gasteiger charge is -2.37. The van der Waals surface area contributed by atoms with Gasteiger partial charge in [0.2, 0.25) is 16.0 Å². The Labute approximate surface area is 774 Å². The second-order valence-corrected chi connectivity index (χ2v) is 46.6. The summed E-state index contributed by atoms with van der Waals surface area (Å²) >= 11 is 25.0. The molecule has 6 unspecified atom stereocenters. The molecule has 0 spiro atoms. The van der Waals surface area contributed by atoms with Crippen LogP contribution < -0.4 is 0 Å². The van der Waals surface area contributed by atoms with E-state index < -0.39 is 274 Å². The highest BCUT2D eigenvalue weighted by molar-refractivity contribution is 8.44. The first-order valence-corrected chi connectivity index (χ1v) is 55.8. The number of fused-ring (bicyclic) bond motifs is 4. The lowest BCUT2D eigenvalue weighted by molar-refractivity contribution is -0.0410. The molecule has 10 fully saturated rings. The number of alkyl halides is 8. The molecule has 0 radical (unpaired) electrons. The molecule has 0 aromatic rings. The molecule has 0 bridgehead atoms. The summed E-state index contributed by atoms with van der Waals surface area (Å²) < 4.78 is 313. The first-order chi connectivity index (χ1) is 61.9. The van der Waals surface area contributed by atoms with Gasteiger partial charge >= 0.3 is 50.2 Å². The summed E-state index contributed by atoms with van der Waals surface area (Å²) in [6.45, 7) is 12.5. The fraction of sp³-hybridized carbons (Fsp3) is 0.941. The van der Waals surface area contributed by atoms with Crippen LogP contribution in [0.3, 0.4) is 0 Å². The van der Waals surface area contributed by atoms with Crippen molar-refractivity contribution in [1.29, 1.82) is 13.4 Å². The van der Waals surface area contributed by atoms with Gasteiger partial charge in [-0.05, 0) is 144 Å². The first kappa shape index (κ1) is 113. The molecule has 742 valence electrons. The van der Waals surface area contributed by atoms with Crippen LogP contribution in [0.5, 0.6) is 0 Å². The van der Waals surface area contributed by atoms with Crippen LogP contribution in [0.4, 0.5) is 35.1 Å². The molecule has 10 heterocycles. The highest BCUT2D eigenvalue weighted by Crippen LogP contribution is 2.61. The summed E-state index contributed by atoms with van der Waals surface area (Å²) in [5.74, 6) is 0. The van der Waals surface area contributed by atoms with Crippen molar-refractivity contribution in [3.05, 3.63) is 22.8 Å². The number of hydrogen-bond acceptors (Lipinski definition) is 38. The molecule has 10 aliphatic rings. The maximum atomic E-state index is 14.7. The quantitative estimate of drug-likeness (QED) is 0.0132. The summed E-state index contributed by atoms with van der Waals surface area (Å²) in [6.07, 6.45) is -36.0. The van der Waals surface area contributed by atoms with Gasteiger partial charge in [0.15, 0.2) is 61.6 Å². The van der Waals surface area contributed by atoms with Crippen molar-refractivity contribution < 1.29 is 196 Å². The Kier molecular flexibility index (Phi) is 50.9. The largest absolute Gasteiger partial charge is 0.695 e. The molecule has 0 aromatic heterocycles. The number of thiol groups is 1. The van der Waals surface area contributed by atoms with Gasteiger partial charge in [-0.25, -0.2) is 57.5 Å². The van der Waals surface area contributed by atoms with E-state index in [1.165, 1.54) is 62.7 Å². The minimum atomic E-state index is -4.04. The van der Waals surface area contributed by atoms with E-state index in [9.17, 15) is 53.7 Å². The molecule has 10 aliphatic heterocycles. The van der Waals surface area contributed by atoms with Gasteiger partial charge in [-0.15, -0.1) is 18.8 Å². The number of rotatable bonds is 27. The van der Waals surface area contributed by atoms with E-state index in [1.807, 2.05) is 39.8 Å². The maximum Gasteiger partial charge on any atom is 0.695 e. The van der Waals surface area contributed by atoms with E-state index in [-0.39, 0.29) is 98.1 Å². The number of ether oxygens (including phenoxy) is 8. The number of halogens is 8. The third-order valence-electron chi connectivity index (χ3n) is 19.2. The molecule has 60 heteroatoms. The normalized spacial score (nSPS) is 42.3. The second kappa shape index (κ2) is 57.6. The third-order valence-corrected chi connectivity index (χ3v) is 32.5. The van der Waals surface area contributed by atoms with Gasteiger partial charge < -0.3 is 109 Å². The molecule has 39 nitrogen and oxygen atoms in total. The smallest absolute Gasteiger partial charge is 0.400 e. The zero-order chi connectivity index (χ0) is 99.7. The topological polar surface area (TPSA) is 463 Å². The van der Waals surface area contributed by atoms with Crippen LogP contribution in [0.2, 0.25) is 0 Å². The van der Waals surface area contributed by atoms with Crippen molar-refractivity contribution in [1.82, 2.24) is 4.67 Å². The average Bonchev–Trinajstić information content (AvgIpc) is 1.64. The molecular weight excluding hydrogens is 1990 g/mol.